The van der Waals surface area contributed by atoms with Gasteiger partial charge in [0, 0.05) is 6.07 Å². The number of rotatable bonds is 6. The Morgan fingerprint density at radius 1 is 1.28 bits per heavy atom. The third-order valence-electron chi connectivity index (χ3n) is 2.66. The summed E-state index contributed by atoms with van der Waals surface area (Å²) in [6.45, 7) is 0.106. The normalized spacial score (nSPS) is 11.3. The van der Waals surface area contributed by atoms with Crippen molar-refractivity contribution in [1.82, 2.24) is 0 Å². The lowest BCUT2D eigenvalue weighted by molar-refractivity contribution is -0.384. The molecule has 7 nitrogen and oxygen atoms in total. The van der Waals surface area contributed by atoms with Gasteiger partial charge in [0.15, 0.2) is 0 Å². The van der Waals surface area contributed by atoms with Gasteiger partial charge in [0.2, 0.25) is 0 Å². The van der Waals surface area contributed by atoms with Crippen molar-refractivity contribution < 1.29 is 20.2 Å². The van der Waals surface area contributed by atoms with Gasteiger partial charge in [-0.1, -0.05) is 6.07 Å². The summed E-state index contributed by atoms with van der Waals surface area (Å²) in [4.78, 5) is 10.3. The van der Waals surface area contributed by atoms with Crippen LogP contribution in [0.1, 0.15) is 5.56 Å². The van der Waals surface area contributed by atoms with E-state index in [0.717, 1.165) is 5.56 Å². The second-order valence-corrected chi connectivity index (χ2v) is 4.16. The molecule has 0 radical (unpaired) electrons. The van der Waals surface area contributed by atoms with Gasteiger partial charge in [-0.05, 0) is 18.6 Å². The van der Waals surface area contributed by atoms with Crippen LogP contribution in [0, 0.1) is 17.0 Å². The van der Waals surface area contributed by atoms with Crippen LogP contribution in [0.25, 0.3) is 0 Å². The van der Waals surface area contributed by atoms with Crippen LogP contribution in [0.2, 0.25) is 0 Å². The summed E-state index contributed by atoms with van der Waals surface area (Å²) in [5, 5.41) is 41.1. The van der Waals surface area contributed by atoms with Crippen LogP contribution in [0.3, 0.4) is 0 Å². The number of benzene rings is 1. The first-order chi connectivity index (χ1) is 8.48. The Morgan fingerprint density at radius 3 is 2.28 bits per heavy atom. The summed E-state index contributed by atoms with van der Waals surface area (Å²) in [7, 11) is 0. The molecule has 0 saturated heterocycles. The first kappa shape index (κ1) is 14.4. The van der Waals surface area contributed by atoms with Crippen LogP contribution in [0.5, 0.6) is 0 Å². The van der Waals surface area contributed by atoms with Gasteiger partial charge in [0.25, 0.3) is 5.69 Å². The highest BCUT2D eigenvalue weighted by molar-refractivity contribution is 5.64. The van der Waals surface area contributed by atoms with E-state index >= 15 is 0 Å². The highest BCUT2D eigenvalue weighted by Crippen LogP contribution is 2.28. The maximum atomic E-state index is 10.9. The summed E-state index contributed by atoms with van der Waals surface area (Å²) in [5.41, 5.74) is -0.637. The third kappa shape index (κ3) is 2.95. The topological polar surface area (TPSA) is 116 Å². The van der Waals surface area contributed by atoms with Gasteiger partial charge in [-0.3, -0.25) is 10.1 Å². The fraction of sp³-hybridized carbons (Fsp3) is 0.455. The van der Waals surface area contributed by atoms with Gasteiger partial charge >= 0.3 is 0 Å². The van der Waals surface area contributed by atoms with E-state index in [1.165, 1.54) is 12.1 Å². The number of nitro benzene ring substituents is 1. The lowest BCUT2D eigenvalue weighted by Gasteiger charge is -2.29. The number of hydrogen-bond donors (Lipinski definition) is 4. The first-order valence-corrected chi connectivity index (χ1v) is 5.34. The largest absolute Gasteiger partial charge is 0.394 e. The van der Waals surface area contributed by atoms with Crippen molar-refractivity contribution in [3.05, 3.63) is 33.9 Å². The molecule has 0 atom stereocenters. The molecule has 1 rings (SSSR count). The van der Waals surface area contributed by atoms with Crippen molar-refractivity contribution in [3.8, 4) is 0 Å². The van der Waals surface area contributed by atoms with E-state index in [1.807, 2.05) is 0 Å². The predicted octanol–water partition coefficient (Wildman–Crippen LogP) is 0.0308. The van der Waals surface area contributed by atoms with Gasteiger partial charge in [-0.2, -0.15) is 0 Å². The van der Waals surface area contributed by atoms with E-state index in [9.17, 15) is 25.4 Å². The van der Waals surface area contributed by atoms with Crippen LogP contribution < -0.4 is 5.32 Å². The van der Waals surface area contributed by atoms with Crippen LogP contribution in [0.15, 0.2) is 18.2 Å². The molecule has 0 unspecified atom stereocenters. The molecule has 0 amide bonds. The molecule has 1 aromatic rings. The molecule has 0 heterocycles. The van der Waals surface area contributed by atoms with Gasteiger partial charge < -0.3 is 20.6 Å². The molecular weight excluding hydrogens is 240 g/mol. The lowest BCUT2D eigenvalue weighted by Crippen LogP contribution is -2.49. The number of aliphatic hydroxyl groups is 3. The second-order valence-electron chi connectivity index (χ2n) is 4.16. The molecule has 0 aliphatic heterocycles. The Labute approximate surface area is 104 Å². The predicted molar refractivity (Wildman–Crippen MR) is 65.4 cm³/mol. The van der Waals surface area contributed by atoms with Crippen molar-refractivity contribution in [1.29, 1.82) is 0 Å². The molecule has 0 aliphatic rings. The summed E-state index contributed by atoms with van der Waals surface area (Å²) >= 11 is 0. The molecule has 0 fully saturated rings. The average Bonchev–Trinajstić information content (AvgIpc) is 2.36. The smallest absolute Gasteiger partial charge is 0.292 e. The Morgan fingerprint density at radius 2 is 1.83 bits per heavy atom. The van der Waals surface area contributed by atoms with Crippen molar-refractivity contribution in [2.24, 2.45) is 0 Å². The number of nitro groups is 1. The fourth-order valence-corrected chi connectivity index (χ4v) is 1.46. The van der Waals surface area contributed by atoms with Crippen LogP contribution in [0.4, 0.5) is 11.4 Å². The second kappa shape index (κ2) is 5.76. The zero-order chi connectivity index (χ0) is 13.8. The minimum Gasteiger partial charge on any atom is -0.394 e. The van der Waals surface area contributed by atoms with Crippen LogP contribution in [-0.4, -0.2) is 45.6 Å². The van der Waals surface area contributed by atoms with E-state index in [0.29, 0.717) is 0 Å². The van der Waals surface area contributed by atoms with E-state index in [1.54, 1.807) is 13.0 Å². The van der Waals surface area contributed by atoms with Gasteiger partial charge in [0.1, 0.15) is 11.2 Å². The minimum absolute atomic E-state index is 0.150. The van der Waals surface area contributed by atoms with E-state index in [-0.39, 0.29) is 11.4 Å². The highest BCUT2D eigenvalue weighted by Gasteiger charge is 2.30. The van der Waals surface area contributed by atoms with Gasteiger partial charge in [-0.25, -0.2) is 0 Å². The molecule has 7 heteroatoms. The molecule has 0 spiro atoms. The molecule has 100 valence electrons. The van der Waals surface area contributed by atoms with Crippen LogP contribution in [-0.2, 0) is 0 Å². The molecule has 18 heavy (non-hydrogen) atoms. The third-order valence-corrected chi connectivity index (χ3v) is 2.66. The molecule has 0 saturated carbocycles. The molecule has 0 aromatic heterocycles. The number of aryl methyl sites for hydroxylation is 1. The summed E-state index contributed by atoms with van der Waals surface area (Å²) < 4.78 is 0. The fourth-order valence-electron chi connectivity index (χ4n) is 1.46. The number of nitrogens with zero attached hydrogens (tertiary/aromatic N) is 1. The number of hydrogen-bond acceptors (Lipinski definition) is 6. The van der Waals surface area contributed by atoms with Gasteiger partial charge in [-0.15, -0.1) is 0 Å². The molecule has 0 aliphatic carbocycles. The number of anilines is 1. The Balaban J connectivity index is 3.16. The summed E-state index contributed by atoms with van der Waals surface area (Å²) in [6, 6.07) is 4.43. The zero-order valence-corrected chi connectivity index (χ0v) is 9.96. The molecule has 1 aromatic carbocycles. The number of aliphatic hydroxyl groups excluding tert-OH is 3. The van der Waals surface area contributed by atoms with E-state index < -0.39 is 30.3 Å². The lowest BCUT2D eigenvalue weighted by atomic mass is 10.0. The SMILES string of the molecule is Cc1ccc([N+](=O)[O-])c(NC(CO)(CO)CO)c1. The van der Waals surface area contributed by atoms with Crippen molar-refractivity contribution >= 4 is 11.4 Å². The quantitative estimate of drug-likeness (QED) is 0.421. The molecular formula is C11H16N2O5. The Kier molecular flexibility index (Phi) is 4.60. The maximum absolute atomic E-state index is 10.9. The summed E-state index contributed by atoms with van der Waals surface area (Å²) in [6.07, 6.45) is 0. The Bertz CT molecular complexity index is 423. The molecule has 4 N–H and O–H groups in total. The van der Waals surface area contributed by atoms with Gasteiger partial charge in [0.05, 0.1) is 24.7 Å². The highest BCUT2D eigenvalue weighted by atomic mass is 16.6. The van der Waals surface area contributed by atoms with Crippen molar-refractivity contribution in [2.75, 3.05) is 25.1 Å². The summed E-state index contributed by atoms with van der Waals surface area (Å²) in [5.74, 6) is 0. The zero-order valence-electron chi connectivity index (χ0n) is 9.96. The minimum atomic E-state index is -1.39. The standard InChI is InChI=1S/C11H16N2O5/c1-8-2-3-10(13(17)18)9(4-8)12-11(5-14,6-15)7-16/h2-4,12,14-16H,5-7H2,1H3. The van der Waals surface area contributed by atoms with Crippen molar-refractivity contribution in [2.45, 2.75) is 12.5 Å². The molecule has 0 bridgehead atoms. The average molecular weight is 256 g/mol. The van der Waals surface area contributed by atoms with E-state index in [4.69, 9.17) is 0 Å². The first-order valence-electron chi connectivity index (χ1n) is 5.34. The maximum Gasteiger partial charge on any atom is 0.292 e. The Hall–Kier alpha value is -1.70. The van der Waals surface area contributed by atoms with Crippen molar-refractivity contribution in [3.63, 3.8) is 0 Å². The monoisotopic (exact) mass is 256 g/mol. The number of nitrogens with one attached hydrogen (secondary N) is 1. The van der Waals surface area contributed by atoms with E-state index in [2.05, 4.69) is 5.32 Å². The van der Waals surface area contributed by atoms with Crippen LogP contribution >= 0.6 is 0 Å².